The van der Waals surface area contributed by atoms with Crippen molar-refractivity contribution in [3.8, 4) is 0 Å². The summed E-state index contributed by atoms with van der Waals surface area (Å²) in [6, 6.07) is 3.63. The van der Waals surface area contributed by atoms with Gasteiger partial charge in [0.2, 0.25) is 0 Å². The molecule has 0 bridgehead atoms. The van der Waals surface area contributed by atoms with E-state index in [-0.39, 0.29) is 11.9 Å². The van der Waals surface area contributed by atoms with Crippen molar-refractivity contribution in [2.75, 3.05) is 51.3 Å². The van der Waals surface area contributed by atoms with Crippen LogP contribution in [0.5, 0.6) is 0 Å². The zero-order valence-corrected chi connectivity index (χ0v) is 19.4. The lowest BCUT2D eigenvalue weighted by Crippen LogP contribution is -2.61. The van der Waals surface area contributed by atoms with Crippen molar-refractivity contribution in [2.24, 2.45) is 11.3 Å². The van der Waals surface area contributed by atoms with Crippen LogP contribution in [0.1, 0.15) is 64.1 Å². The summed E-state index contributed by atoms with van der Waals surface area (Å²) in [5.74, 6) is 0.937. The standard InChI is InChI=1S/C24H38N4O3/c1-17(2)22(23(29)30-3)20-13-21(25-31-20)27-15-24(16-27)8-11-26(12-9-24)14-19-7-6-18-5-4-10-28(18)19/h13,17-19,22H,4-12,14-16H2,1-3H3. The largest absolute Gasteiger partial charge is 0.468 e. The molecule has 4 aliphatic rings. The first kappa shape index (κ1) is 21.3. The number of carbonyl (C=O) groups is 1. The molecule has 0 N–H and O–H groups in total. The van der Waals surface area contributed by atoms with Gasteiger partial charge < -0.3 is 19.1 Å². The van der Waals surface area contributed by atoms with Crippen LogP contribution in [-0.2, 0) is 9.53 Å². The van der Waals surface area contributed by atoms with E-state index < -0.39 is 5.92 Å². The molecule has 7 heteroatoms. The molecule has 5 rings (SSSR count). The molecule has 7 nitrogen and oxygen atoms in total. The Morgan fingerprint density at radius 2 is 2.00 bits per heavy atom. The number of piperidine rings is 1. The first-order valence-electron chi connectivity index (χ1n) is 12.3. The molecule has 0 aliphatic carbocycles. The van der Waals surface area contributed by atoms with Gasteiger partial charge in [0.1, 0.15) is 5.92 Å². The van der Waals surface area contributed by atoms with Crippen molar-refractivity contribution in [1.82, 2.24) is 15.0 Å². The maximum Gasteiger partial charge on any atom is 0.316 e. The van der Waals surface area contributed by atoms with E-state index in [0.29, 0.717) is 11.2 Å². The minimum atomic E-state index is -0.393. The van der Waals surface area contributed by atoms with Gasteiger partial charge in [-0.25, -0.2) is 0 Å². The van der Waals surface area contributed by atoms with Crippen LogP contribution in [0.25, 0.3) is 0 Å². The summed E-state index contributed by atoms with van der Waals surface area (Å²) in [4.78, 5) is 20.0. The van der Waals surface area contributed by atoms with Gasteiger partial charge in [-0.1, -0.05) is 19.0 Å². The first-order valence-corrected chi connectivity index (χ1v) is 12.3. The number of fused-ring (bicyclic) bond motifs is 1. The second-order valence-corrected chi connectivity index (χ2v) is 10.8. The Kier molecular flexibility index (Phi) is 5.76. The number of hydrogen-bond donors (Lipinski definition) is 0. The summed E-state index contributed by atoms with van der Waals surface area (Å²) in [6.07, 6.45) is 8.21. The average molecular weight is 431 g/mol. The SMILES string of the molecule is COC(=O)C(c1cc(N2CC3(CCN(CC4CCC5CCCN54)CC3)C2)no1)C(C)C. The fourth-order valence-corrected chi connectivity index (χ4v) is 6.56. The molecule has 1 spiro atoms. The fraction of sp³-hybridized carbons (Fsp3) is 0.833. The second kappa shape index (κ2) is 8.39. The first-order chi connectivity index (χ1) is 15.0. The van der Waals surface area contributed by atoms with Gasteiger partial charge in [-0.2, -0.15) is 0 Å². The van der Waals surface area contributed by atoms with Crippen molar-refractivity contribution in [1.29, 1.82) is 0 Å². The summed E-state index contributed by atoms with van der Waals surface area (Å²) in [7, 11) is 1.43. The van der Waals surface area contributed by atoms with Crippen LogP contribution < -0.4 is 4.90 Å². The quantitative estimate of drug-likeness (QED) is 0.643. The third-order valence-electron chi connectivity index (χ3n) is 8.43. The van der Waals surface area contributed by atoms with E-state index in [1.807, 2.05) is 19.9 Å². The lowest BCUT2D eigenvalue weighted by molar-refractivity contribution is -0.144. The third-order valence-corrected chi connectivity index (χ3v) is 8.43. The Labute approximate surface area is 186 Å². The van der Waals surface area contributed by atoms with Crippen molar-refractivity contribution in [2.45, 2.75) is 70.4 Å². The van der Waals surface area contributed by atoms with Crippen LogP contribution in [0.15, 0.2) is 10.6 Å². The number of esters is 1. The van der Waals surface area contributed by atoms with Crippen LogP contribution >= 0.6 is 0 Å². The predicted molar refractivity (Wildman–Crippen MR) is 119 cm³/mol. The molecule has 4 fully saturated rings. The molecular weight excluding hydrogens is 392 g/mol. The molecule has 0 radical (unpaired) electrons. The fourth-order valence-electron chi connectivity index (χ4n) is 6.56. The topological polar surface area (TPSA) is 62.1 Å². The predicted octanol–water partition coefficient (Wildman–Crippen LogP) is 3.12. The molecule has 5 heterocycles. The number of nitrogens with zero attached hydrogens (tertiary/aromatic N) is 4. The van der Waals surface area contributed by atoms with Gasteiger partial charge in [0.15, 0.2) is 11.6 Å². The monoisotopic (exact) mass is 430 g/mol. The maximum atomic E-state index is 12.1. The molecule has 31 heavy (non-hydrogen) atoms. The number of likely N-dealkylation sites (tertiary alicyclic amines) is 1. The maximum absolute atomic E-state index is 12.1. The van der Waals surface area contributed by atoms with Gasteiger partial charge in [-0.05, 0) is 64.1 Å². The summed E-state index contributed by atoms with van der Waals surface area (Å²) in [5, 5.41) is 4.28. The Morgan fingerprint density at radius 3 is 2.71 bits per heavy atom. The molecular formula is C24H38N4O3. The molecule has 4 aliphatic heterocycles. The normalized spacial score (nSPS) is 29.4. The third kappa shape index (κ3) is 3.99. The number of methoxy groups -OCH3 is 1. The highest BCUT2D eigenvalue weighted by atomic mass is 16.5. The zero-order valence-electron chi connectivity index (χ0n) is 19.4. The lowest BCUT2D eigenvalue weighted by Gasteiger charge is -2.54. The molecule has 0 amide bonds. The van der Waals surface area contributed by atoms with E-state index in [9.17, 15) is 4.79 Å². The molecule has 0 aromatic carbocycles. The highest BCUT2D eigenvalue weighted by Crippen LogP contribution is 2.43. The summed E-state index contributed by atoms with van der Waals surface area (Å²) >= 11 is 0. The Hall–Kier alpha value is -1.60. The number of aromatic nitrogens is 1. The molecule has 3 atom stereocenters. The van der Waals surface area contributed by atoms with Crippen LogP contribution in [0, 0.1) is 11.3 Å². The van der Waals surface area contributed by atoms with E-state index >= 15 is 0 Å². The van der Waals surface area contributed by atoms with Gasteiger partial charge in [-0.15, -0.1) is 0 Å². The number of anilines is 1. The molecule has 3 unspecified atom stereocenters. The van der Waals surface area contributed by atoms with E-state index in [1.54, 1.807) is 0 Å². The lowest BCUT2D eigenvalue weighted by atomic mass is 9.72. The number of hydrogen-bond acceptors (Lipinski definition) is 7. The van der Waals surface area contributed by atoms with Crippen molar-refractivity contribution >= 4 is 11.8 Å². The van der Waals surface area contributed by atoms with E-state index in [0.717, 1.165) is 31.0 Å². The zero-order chi connectivity index (χ0) is 21.6. The second-order valence-electron chi connectivity index (χ2n) is 10.8. The van der Waals surface area contributed by atoms with Crippen LogP contribution in [0.4, 0.5) is 5.82 Å². The smallest absolute Gasteiger partial charge is 0.316 e. The van der Waals surface area contributed by atoms with E-state index in [1.165, 1.54) is 71.8 Å². The van der Waals surface area contributed by atoms with Gasteiger partial charge in [0.25, 0.3) is 0 Å². The Balaban J connectivity index is 1.12. The van der Waals surface area contributed by atoms with Crippen molar-refractivity contribution in [3.63, 3.8) is 0 Å². The van der Waals surface area contributed by atoms with Crippen LogP contribution in [0.2, 0.25) is 0 Å². The van der Waals surface area contributed by atoms with E-state index in [4.69, 9.17) is 9.26 Å². The van der Waals surface area contributed by atoms with Gasteiger partial charge in [0.05, 0.1) is 7.11 Å². The van der Waals surface area contributed by atoms with Crippen molar-refractivity contribution < 1.29 is 14.1 Å². The number of ether oxygens (including phenoxy) is 1. The van der Waals surface area contributed by atoms with E-state index in [2.05, 4.69) is 19.9 Å². The van der Waals surface area contributed by atoms with Gasteiger partial charge >= 0.3 is 5.97 Å². The molecule has 172 valence electrons. The summed E-state index contributed by atoms with van der Waals surface area (Å²) < 4.78 is 10.5. The van der Waals surface area contributed by atoms with Gasteiger partial charge in [-0.3, -0.25) is 9.69 Å². The molecule has 1 aromatic heterocycles. The minimum Gasteiger partial charge on any atom is -0.468 e. The Morgan fingerprint density at radius 1 is 1.23 bits per heavy atom. The summed E-state index contributed by atoms with van der Waals surface area (Å²) in [5.41, 5.74) is 0.432. The molecule has 0 saturated carbocycles. The molecule has 4 saturated heterocycles. The Bertz CT molecular complexity index is 778. The van der Waals surface area contributed by atoms with Crippen molar-refractivity contribution in [3.05, 3.63) is 11.8 Å². The minimum absolute atomic E-state index is 0.107. The molecule has 1 aromatic rings. The van der Waals surface area contributed by atoms with Gasteiger partial charge in [0, 0.05) is 43.2 Å². The number of carbonyl (C=O) groups excluding carboxylic acids is 1. The van der Waals surface area contributed by atoms with Crippen LogP contribution in [-0.4, -0.2) is 79.4 Å². The highest BCUT2D eigenvalue weighted by Gasteiger charge is 2.47. The highest BCUT2D eigenvalue weighted by molar-refractivity contribution is 5.77. The number of rotatable bonds is 6. The summed E-state index contributed by atoms with van der Waals surface area (Å²) in [6.45, 7) is 11.2. The average Bonchev–Trinajstić information content (AvgIpc) is 3.46. The van der Waals surface area contributed by atoms with Crippen LogP contribution in [0.3, 0.4) is 0 Å².